The Morgan fingerprint density at radius 3 is 2.72 bits per heavy atom. The molecule has 0 bridgehead atoms. The molecule has 4 heteroatoms. The zero-order valence-electron chi connectivity index (χ0n) is 10.6. The molecule has 0 unspecified atom stereocenters. The fourth-order valence-corrected chi connectivity index (χ4v) is 3.51. The standard InChI is InChI=1S/C14H20N2OS/c17-14(16-12-6-9-15-10-7-12)8-11-18-13-4-2-1-3-5-13/h6-7,9-10,13H,1-5,8,11H2,(H,15,16,17). The average Bonchev–Trinajstić information content (AvgIpc) is 2.41. The second kappa shape index (κ2) is 7.41. The van der Waals surface area contributed by atoms with Crippen molar-refractivity contribution in [2.24, 2.45) is 0 Å². The quantitative estimate of drug-likeness (QED) is 0.885. The number of pyridine rings is 1. The Morgan fingerprint density at radius 2 is 2.00 bits per heavy atom. The zero-order chi connectivity index (χ0) is 12.6. The third-order valence-corrected chi connectivity index (χ3v) is 4.58. The first-order chi connectivity index (χ1) is 8.84. The highest BCUT2D eigenvalue weighted by atomic mass is 32.2. The summed E-state index contributed by atoms with van der Waals surface area (Å²) in [6.45, 7) is 0. The summed E-state index contributed by atoms with van der Waals surface area (Å²) in [7, 11) is 0. The number of amides is 1. The van der Waals surface area contributed by atoms with Gasteiger partial charge >= 0.3 is 0 Å². The number of aromatic nitrogens is 1. The first-order valence-electron chi connectivity index (χ1n) is 6.66. The van der Waals surface area contributed by atoms with Gasteiger partial charge in [0, 0.05) is 35.5 Å². The molecule has 2 rings (SSSR count). The van der Waals surface area contributed by atoms with Gasteiger partial charge in [-0.1, -0.05) is 19.3 Å². The molecule has 0 radical (unpaired) electrons. The SMILES string of the molecule is O=C(CCSC1CCCCC1)Nc1ccncc1. The molecule has 0 saturated heterocycles. The summed E-state index contributed by atoms with van der Waals surface area (Å²) in [5.41, 5.74) is 0.831. The topological polar surface area (TPSA) is 42.0 Å². The van der Waals surface area contributed by atoms with Crippen LogP contribution in [0.4, 0.5) is 5.69 Å². The van der Waals surface area contributed by atoms with E-state index in [2.05, 4.69) is 10.3 Å². The van der Waals surface area contributed by atoms with Gasteiger partial charge in [-0.15, -0.1) is 0 Å². The van der Waals surface area contributed by atoms with E-state index in [0.29, 0.717) is 6.42 Å². The van der Waals surface area contributed by atoms with Crippen molar-refractivity contribution in [2.45, 2.75) is 43.8 Å². The fourth-order valence-electron chi connectivity index (χ4n) is 2.21. The van der Waals surface area contributed by atoms with Gasteiger partial charge in [0.15, 0.2) is 0 Å². The van der Waals surface area contributed by atoms with Crippen LogP contribution in [0.25, 0.3) is 0 Å². The van der Waals surface area contributed by atoms with E-state index in [1.54, 1.807) is 12.4 Å². The maximum atomic E-state index is 11.7. The van der Waals surface area contributed by atoms with Crippen LogP contribution in [0.3, 0.4) is 0 Å². The molecule has 3 nitrogen and oxygen atoms in total. The molecule has 1 amide bonds. The number of carbonyl (C=O) groups is 1. The van der Waals surface area contributed by atoms with Crippen molar-refractivity contribution in [3.63, 3.8) is 0 Å². The lowest BCUT2D eigenvalue weighted by molar-refractivity contribution is -0.115. The molecule has 1 aliphatic carbocycles. The van der Waals surface area contributed by atoms with Crippen molar-refractivity contribution >= 4 is 23.4 Å². The van der Waals surface area contributed by atoms with E-state index in [1.165, 1.54) is 32.1 Å². The van der Waals surface area contributed by atoms with Crippen LogP contribution in [0.1, 0.15) is 38.5 Å². The van der Waals surface area contributed by atoms with E-state index in [4.69, 9.17) is 0 Å². The van der Waals surface area contributed by atoms with Gasteiger partial charge in [-0.3, -0.25) is 9.78 Å². The summed E-state index contributed by atoms with van der Waals surface area (Å²) in [6, 6.07) is 3.62. The number of nitrogens with zero attached hydrogens (tertiary/aromatic N) is 1. The van der Waals surface area contributed by atoms with Crippen LogP contribution >= 0.6 is 11.8 Å². The fraction of sp³-hybridized carbons (Fsp3) is 0.571. The molecule has 0 aromatic carbocycles. The largest absolute Gasteiger partial charge is 0.326 e. The Labute approximate surface area is 113 Å². The van der Waals surface area contributed by atoms with Crippen LogP contribution in [0.15, 0.2) is 24.5 Å². The molecule has 0 spiro atoms. The Bertz CT molecular complexity index is 363. The van der Waals surface area contributed by atoms with E-state index in [9.17, 15) is 4.79 Å². The van der Waals surface area contributed by atoms with Gasteiger partial charge in [-0.05, 0) is 25.0 Å². The van der Waals surface area contributed by atoms with Crippen LogP contribution in [0, 0.1) is 0 Å². The highest BCUT2D eigenvalue weighted by molar-refractivity contribution is 7.99. The van der Waals surface area contributed by atoms with E-state index >= 15 is 0 Å². The van der Waals surface area contributed by atoms with E-state index in [-0.39, 0.29) is 5.91 Å². The van der Waals surface area contributed by atoms with Gasteiger partial charge in [0.2, 0.25) is 5.91 Å². The molecule has 1 saturated carbocycles. The van der Waals surface area contributed by atoms with Gasteiger partial charge in [-0.25, -0.2) is 0 Å². The molecule has 1 fully saturated rings. The Balaban J connectivity index is 1.62. The van der Waals surface area contributed by atoms with Gasteiger partial charge in [0.25, 0.3) is 0 Å². The number of hydrogen-bond acceptors (Lipinski definition) is 3. The maximum absolute atomic E-state index is 11.7. The lowest BCUT2D eigenvalue weighted by Crippen LogP contribution is -2.14. The second-order valence-corrected chi connectivity index (χ2v) is 6.07. The second-order valence-electron chi connectivity index (χ2n) is 4.66. The van der Waals surface area contributed by atoms with Crippen molar-refractivity contribution in [3.8, 4) is 0 Å². The first kappa shape index (κ1) is 13.4. The summed E-state index contributed by atoms with van der Waals surface area (Å²) in [6.07, 6.45) is 10.7. The van der Waals surface area contributed by atoms with Crippen molar-refractivity contribution in [1.29, 1.82) is 0 Å². The minimum absolute atomic E-state index is 0.101. The van der Waals surface area contributed by atoms with Gasteiger partial charge in [-0.2, -0.15) is 11.8 Å². The molecule has 1 aromatic rings. The summed E-state index contributed by atoms with van der Waals surface area (Å²) in [4.78, 5) is 15.6. The van der Waals surface area contributed by atoms with Crippen molar-refractivity contribution in [2.75, 3.05) is 11.1 Å². The van der Waals surface area contributed by atoms with Crippen molar-refractivity contribution < 1.29 is 4.79 Å². The van der Waals surface area contributed by atoms with Gasteiger partial charge in [0.05, 0.1) is 0 Å². The molecule has 18 heavy (non-hydrogen) atoms. The number of thioether (sulfide) groups is 1. The Hall–Kier alpha value is -1.03. The molecule has 98 valence electrons. The van der Waals surface area contributed by atoms with Crippen LogP contribution < -0.4 is 5.32 Å². The highest BCUT2D eigenvalue weighted by Crippen LogP contribution is 2.28. The molecular weight excluding hydrogens is 244 g/mol. The van der Waals surface area contributed by atoms with Crippen LogP contribution in [0.2, 0.25) is 0 Å². The van der Waals surface area contributed by atoms with E-state index < -0.39 is 0 Å². The molecule has 1 heterocycles. The number of rotatable bonds is 5. The Morgan fingerprint density at radius 1 is 1.28 bits per heavy atom. The number of anilines is 1. The summed E-state index contributed by atoms with van der Waals surface area (Å²) in [5, 5.41) is 3.67. The first-order valence-corrected chi connectivity index (χ1v) is 7.71. The smallest absolute Gasteiger partial charge is 0.225 e. The summed E-state index contributed by atoms with van der Waals surface area (Å²) >= 11 is 1.96. The minimum Gasteiger partial charge on any atom is -0.326 e. The predicted octanol–water partition coefficient (Wildman–Crippen LogP) is 3.48. The number of hydrogen-bond donors (Lipinski definition) is 1. The zero-order valence-corrected chi connectivity index (χ0v) is 11.4. The minimum atomic E-state index is 0.101. The third-order valence-electron chi connectivity index (χ3n) is 3.20. The predicted molar refractivity (Wildman–Crippen MR) is 76.8 cm³/mol. The van der Waals surface area contributed by atoms with Gasteiger partial charge < -0.3 is 5.32 Å². The maximum Gasteiger partial charge on any atom is 0.225 e. The van der Waals surface area contributed by atoms with E-state index in [1.807, 2.05) is 23.9 Å². The summed E-state index contributed by atoms with van der Waals surface area (Å²) < 4.78 is 0. The molecule has 1 aromatic heterocycles. The Kier molecular flexibility index (Phi) is 5.52. The van der Waals surface area contributed by atoms with Crippen LogP contribution in [0.5, 0.6) is 0 Å². The molecule has 0 aliphatic heterocycles. The number of nitrogens with one attached hydrogen (secondary N) is 1. The monoisotopic (exact) mass is 264 g/mol. The van der Waals surface area contributed by atoms with Crippen LogP contribution in [-0.2, 0) is 4.79 Å². The normalized spacial score (nSPS) is 16.4. The third kappa shape index (κ3) is 4.69. The van der Waals surface area contributed by atoms with E-state index in [0.717, 1.165) is 16.7 Å². The molecule has 0 atom stereocenters. The lowest BCUT2D eigenvalue weighted by Gasteiger charge is -2.20. The molecule has 1 aliphatic rings. The lowest BCUT2D eigenvalue weighted by atomic mass is 10.0. The summed E-state index contributed by atoms with van der Waals surface area (Å²) in [5.74, 6) is 1.03. The molecular formula is C14H20N2OS. The van der Waals surface area contributed by atoms with Crippen molar-refractivity contribution in [1.82, 2.24) is 4.98 Å². The average molecular weight is 264 g/mol. The van der Waals surface area contributed by atoms with Gasteiger partial charge in [0.1, 0.15) is 0 Å². The molecule has 1 N–H and O–H groups in total. The number of carbonyl (C=O) groups excluding carboxylic acids is 1. The highest BCUT2D eigenvalue weighted by Gasteiger charge is 2.13. The van der Waals surface area contributed by atoms with Crippen molar-refractivity contribution in [3.05, 3.63) is 24.5 Å². The van der Waals surface area contributed by atoms with Crippen LogP contribution in [-0.4, -0.2) is 21.9 Å².